The van der Waals surface area contributed by atoms with Crippen molar-refractivity contribution >= 4 is 33.4 Å². The smallest absolute Gasteiger partial charge is 0.251 e. The van der Waals surface area contributed by atoms with Crippen molar-refractivity contribution in [2.45, 2.75) is 19.4 Å². The van der Waals surface area contributed by atoms with E-state index >= 15 is 0 Å². The van der Waals surface area contributed by atoms with Gasteiger partial charge in [0.05, 0.1) is 0 Å². The molecule has 1 aromatic rings. The van der Waals surface area contributed by atoms with E-state index in [1.165, 1.54) is 0 Å². The van der Waals surface area contributed by atoms with Crippen molar-refractivity contribution in [2.75, 3.05) is 5.33 Å². The molecule has 0 heterocycles. The third-order valence-electron chi connectivity index (χ3n) is 2.01. The molecule has 0 aliphatic rings. The number of hydrogen-bond acceptors (Lipinski definition) is 1. The Balaban J connectivity index is 2.61. The van der Waals surface area contributed by atoms with Gasteiger partial charge in [-0.2, -0.15) is 0 Å². The Morgan fingerprint density at radius 3 is 2.93 bits per heavy atom. The Bertz CT molecular complexity index is 343. The standard InChI is InChI=1S/C11H13BrClNO/c1-8(5-6-12)14-11(15)9-3-2-4-10(13)7-9/h2-4,7-8H,5-6H2,1H3,(H,14,15). The molecule has 1 unspecified atom stereocenters. The number of hydrogen-bond donors (Lipinski definition) is 1. The van der Waals surface area contributed by atoms with Crippen molar-refractivity contribution in [3.05, 3.63) is 34.9 Å². The van der Waals surface area contributed by atoms with Crippen molar-refractivity contribution in [1.29, 1.82) is 0 Å². The number of carbonyl (C=O) groups is 1. The van der Waals surface area contributed by atoms with Gasteiger partial charge >= 0.3 is 0 Å². The highest BCUT2D eigenvalue weighted by Crippen LogP contribution is 2.10. The van der Waals surface area contributed by atoms with Gasteiger partial charge in [0.25, 0.3) is 5.91 Å². The Kier molecular flexibility index (Phi) is 5.12. The number of carbonyl (C=O) groups excluding carboxylic acids is 1. The van der Waals surface area contributed by atoms with Crippen LogP contribution in [-0.4, -0.2) is 17.3 Å². The molecule has 1 atom stereocenters. The molecule has 0 aliphatic heterocycles. The molecule has 1 amide bonds. The first-order valence-corrected chi connectivity index (χ1v) is 6.26. The lowest BCUT2D eigenvalue weighted by molar-refractivity contribution is 0.0939. The minimum absolute atomic E-state index is 0.0778. The molecule has 2 nitrogen and oxygen atoms in total. The van der Waals surface area contributed by atoms with Crippen LogP contribution in [0.2, 0.25) is 5.02 Å². The molecule has 4 heteroatoms. The van der Waals surface area contributed by atoms with Crippen molar-refractivity contribution < 1.29 is 4.79 Å². The van der Waals surface area contributed by atoms with E-state index in [2.05, 4.69) is 21.2 Å². The largest absolute Gasteiger partial charge is 0.350 e. The van der Waals surface area contributed by atoms with Crippen molar-refractivity contribution in [1.82, 2.24) is 5.32 Å². The number of amides is 1. The first-order valence-electron chi connectivity index (χ1n) is 4.76. The fourth-order valence-corrected chi connectivity index (χ4v) is 2.05. The molecule has 1 N–H and O–H groups in total. The summed E-state index contributed by atoms with van der Waals surface area (Å²) in [6.07, 6.45) is 0.909. The zero-order valence-corrected chi connectivity index (χ0v) is 10.8. The summed E-state index contributed by atoms with van der Waals surface area (Å²) >= 11 is 9.13. The molecule has 1 rings (SSSR count). The average molecular weight is 291 g/mol. The van der Waals surface area contributed by atoms with Gasteiger partial charge < -0.3 is 5.32 Å². The summed E-state index contributed by atoms with van der Waals surface area (Å²) in [5.41, 5.74) is 0.601. The lowest BCUT2D eigenvalue weighted by atomic mass is 10.2. The molecular formula is C11H13BrClNO. The number of rotatable bonds is 4. The van der Waals surface area contributed by atoms with Crippen molar-refractivity contribution in [3.8, 4) is 0 Å². The molecule has 0 saturated heterocycles. The first-order chi connectivity index (χ1) is 7.13. The van der Waals surface area contributed by atoms with Crippen molar-refractivity contribution in [2.24, 2.45) is 0 Å². The zero-order chi connectivity index (χ0) is 11.3. The van der Waals surface area contributed by atoms with Gasteiger partial charge in [-0.15, -0.1) is 0 Å². The monoisotopic (exact) mass is 289 g/mol. The van der Waals surface area contributed by atoms with Crippen LogP contribution < -0.4 is 5.32 Å². The van der Waals surface area contributed by atoms with Gasteiger partial charge in [0.2, 0.25) is 0 Å². The molecule has 0 saturated carbocycles. The third kappa shape index (κ3) is 4.22. The van der Waals surface area contributed by atoms with Crippen LogP contribution in [0.25, 0.3) is 0 Å². The first kappa shape index (κ1) is 12.5. The second-order valence-electron chi connectivity index (χ2n) is 3.36. The minimum Gasteiger partial charge on any atom is -0.350 e. The fraction of sp³-hybridized carbons (Fsp3) is 0.364. The van der Waals surface area contributed by atoms with Crippen LogP contribution in [0, 0.1) is 0 Å². The van der Waals surface area contributed by atoms with Gasteiger partial charge in [-0.25, -0.2) is 0 Å². The van der Waals surface area contributed by atoms with Gasteiger partial charge in [-0.3, -0.25) is 4.79 Å². The van der Waals surface area contributed by atoms with E-state index < -0.39 is 0 Å². The molecule has 82 valence electrons. The molecule has 0 aromatic heterocycles. The minimum atomic E-state index is -0.0778. The maximum absolute atomic E-state index is 11.7. The maximum Gasteiger partial charge on any atom is 0.251 e. The Morgan fingerprint density at radius 2 is 2.33 bits per heavy atom. The predicted molar refractivity (Wildman–Crippen MR) is 66.8 cm³/mol. The highest BCUT2D eigenvalue weighted by Gasteiger charge is 2.08. The predicted octanol–water partition coefficient (Wildman–Crippen LogP) is 3.24. The second kappa shape index (κ2) is 6.13. The molecule has 0 fully saturated rings. The van der Waals surface area contributed by atoms with Crippen LogP contribution in [0.4, 0.5) is 0 Å². The van der Waals surface area contributed by atoms with E-state index in [-0.39, 0.29) is 11.9 Å². The summed E-state index contributed by atoms with van der Waals surface area (Å²) in [7, 11) is 0. The summed E-state index contributed by atoms with van der Waals surface area (Å²) in [4.78, 5) is 11.7. The topological polar surface area (TPSA) is 29.1 Å². The highest BCUT2D eigenvalue weighted by molar-refractivity contribution is 9.09. The van der Waals surface area contributed by atoms with Gasteiger partial charge in [0.15, 0.2) is 0 Å². The summed E-state index contributed by atoms with van der Waals surface area (Å²) < 4.78 is 0. The average Bonchev–Trinajstić information content (AvgIpc) is 2.18. The van der Waals surface area contributed by atoms with Crippen molar-refractivity contribution in [3.63, 3.8) is 0 Å². The van der Waals surface area contributed by atoms with Gasteiger partial charge in [0.1, 0.15) is 0 Å². The molecular weight excluding hydrogens is 277 g/mol. The van der Waals surface area contributed by atoms with Crippen LogP contribution in [0.3, 0.4) is 0 Å². The number of benzene rings is 1. The summed E-state index contributed by atoms with van der Waals surface area (Å²) in [5, 5.41) is 4.36. The quantitative estimate of drug-likeness (QED) is 0.848. The van der Waals surface area contributed by atoms with Crippen LogP contribution in [0.5, 0.6) is 0 Å². The zero-order valence-electron chi connectivity index (χ0n) is 8.47. The molecule has 15 heavy (non-hydrogen) atoms. The van der Waals surface area contributed by atoms with E-state index in [1.54, 1.807) is 24.3 Å². The molecule has 1 aromatic carbocycles. The molecule has 0 aliphatic carbocycles. The van der Waals surface area contributed by atoms with Gasteiger partial charge in [0, 0.05) is 22.0 Å². The molecule has 0 bridgehead atoms. The highest BCUT2D eigenvalue weighted by atomic mass is 79.9. The second-order valence-corrected chi connectivity index (χ2v) is 4.59. The number of nitrogens with one attached hydrogen (secondary N) is 1. The lowest BCUT2D eigenvalue weighted by Crippen LogP contribution is -2.32. The van der Waals surface area contributed by atoms with Crippen LogP contribution >= 0.6 is 27.5 Å². The summed E-state index contributed by atoms with van der Waals surface area (Å²) in [6.45, 7) is 1.98. The Labute approximate surface area is 103 Å². The van der Waals surface area contributed by atoms with Crippen LogP contribution in [-0.2, 0) is 0 Å². The fourth-order valence-electron chi connectivity index (χ4n) is 1.17. The van der Waals surface area contributed by atoms with E-state index in [0.29, 0.717) is 10.6 Å². The summed E-state index contributed by atoms with van der Waals surface area (Å²) in [5.74, 6) is -0.0778. The van der Waals surface area contributed by atoms with E-state index in [9.17, 15) is 4.79 Å². The molecule has 0 radical (unpaired) electrons. The Hall–Kier alpha value is -0.540. The van der Waals surface area contributed by atoms with E-state index in [4.69, 9.17) is 11.6 Å². The lowest BCUT2D eigenvalue weighted by Gasteiger charge is -2.12. The number of alkyl halides is 1. The maximum atomic E-state index is 11.7. The number of halogens is 2. The Morgan fingerprint density at radius 1 is 1.60 bits per heavy atom. The van der Waals surface area contributed by atoms with Gasteiger partial charge in [-0.1, -0.05) is 33.6 Å². The summed E-state index contributed by atoms with van der Waals surface area (Å²) in [6, 6.07) is 7.10. The van der Waals surface area contributed by atoms with Gasteiger partial charge in [-0.05, 0) is 31.5 Å². The third-order valence-corrected chi connectivity index (χ3v) is 2.70. The van der Waals surface area contributed by atoms with Crippen LogP contribution in [0.15, 0.2) is 24.3 Å². The van der Waals surface area contributed by atoms with Crippen LogP contribution in [0.1, 0.15) is 23.7 Å². The molecule has 0 spiro atoms. The SMILES string of the molecule is CC(CCBr)NC(=O)c1cccc(Cl)c1. The van der Waals surface area contributed by atoms with E-state index in [0.717, 1.165) is 11.8 Å². The van der Waals surface area contributed by atoms with E-state index in [1.807, 2.05) is 6.92 Å². The normalized spacial score (nSPS) is 12.2.